The van der Waals surface area contributed by atoms with E-state index < -0.39 is 0 Å². The molecule has 2 amide bonds. The van der Waals surface area contributed by atoms with Gasteiger partial charge in [-0.25, -0.2) is 0 Å². The van der Waals surface area contributed by atoms with Gasteiger partial charge in [-0.05, 0) is 56.4 Å². The number of carbonyl (C=O) groups is 2. The van der Waals surface area contributed by atoms with Crippen LogP contribution in [0.3, 0.4) is 0 Å². The van der Waals surface area contributed by atoms with E-state index in [9.17, 15) is 9.59 Å². The quantitative estimate of drug-likeness (QED) is 0.869. The number of benzene rings is 1. The van der Waals surface area contributed by atoms with Crippen LogP contribution in [0.15, 0.2) is 18.2 Å². The van der Waals surface area contributed by atoms with Crippen LogP contribution in [0.4, 0.5) is 5.69 Å². The summed E-state index contributed by atoms with van der Waals surface area (Å²) in [6, 6.07) is 5.67. The predicted octanol–water partition coefficient (Wildman–Crippen LogP) is 2.34. The number of carbonyl (C=O) groups excluding carboxylic acids is 2. The third-order valence-electron chi connectivity index (χ3n) is 4.66. The van der Waals surface area contributed by atoms with Gasteiger partial charge in [0.2, 0.25) is 5.91 Å². The fourth-order valence-electron chi connectivity index (χ4n) is 3.44. The number of hydrogen-bond donors (Lipinski definition) is 2. The van der Waals surface area contributed by atoms with Crippen LogP contribution in [0, 0.1) is 0 Å². The molecule has 1 aromatic carbocycles. The largest absolute Gasteiger partial charge is 0.334 e. The summed E-state index contributed by atoms with van der Waals surface area (Å²) in [6.07, 6.45) is 4.32. The summed E-state index contributed by atoms with van der Waals surface area (Å²) in [5.74, 6) is 0.0985. The summed E-state index contributed by atoms with van der Waals surface area (Å²) in [5, 5.41) is 2.85. The summed E-state index contributed by atoms with van der Waals surface area (Å²) in [4.78, 5) is 26.2. The monoisotopic (exact) mass is 337 g/mol. The summed E-state index contributed by atoms with van der Waals surface area (Å²) in [5.41, 5.74) is 8.63. The third-order valence-corrected chi connectivity index (χ3v) is 4.66. The van der Waals surface area contributed by atoms with E-state index in [0.717, 1.165) is 37.1 Å². The van der Waals surface area contributed by atoms with Gasteiger partial charge in [-0.2, -0.15) is 0 Å². The van der Waals surface area contributed by atoms with Crippen LogP contribution in [-0.2, 0) is 11.2 Å². The van der Waals surface area contributed by atoms with Crippen molar-refractivity contribution in [1.82, 2.24) is 4.90 Å². The lowest BCUT2D eigenvalue weighted by Gasteiger charge is -2.38. The Bertz CT molecular complexity index is 604. The molecule has 2 unspecified atom stereocenters. The minimum Gasteiger partial charge on any atom is -0.334 e. The first-order valence-corrected chi connectivity index (χ1v) is 8.05. The molecule has 0 bridgehead atoms. The first-order chi connectivity index (χ1) is 10.6. The maximum Gasteiger partial charge on any atom is 0.254 e. The number of rotatable bonds is 2. The second-order valence-electron chi connectivity index (χ2n) is 6.34. The number of nitrogens with two attached hydrogens (primary N) is 1. The van der Waals surface area contributed by atoms with Gasteiger partial charge in [0.15, 0.2) is 0 Å². The molecule has 126 valence electrons. The van der Waals surface area contributed by atoms with Crippen LogP contribution in [0.5, 0.6) is 0 Å². The molecule has 0 aromatic heterocycles. The Morgan fingerprint density at radius 3 is 2.87 bits per heavy atom. The van der Waals surface area contributed by atoms with Crippen molar-refractivity contribution in [3.8, 4) is 0 Å². The van der Waals surface area contributed by atoms with E-state index in [-0.39, 0.29) is 36.3 Å². The number of halogens is 1. The first kappa shape index (κ1) is 17.8. The van der Waals surface area contributed by atoms with E-state index in [1.165, 1.54) is 0 Å². The predicted molar refractivity (Wildman–Crippen MR) is 93.0 cm³/mol. The number of fused-ring (bicyclic) bond motifs is 1. The van der Waals surface area contributed by atoms with Crippen molar-refractivity contribution >= 4 is 29.9 Å². The molecular formula is C17H24ClN3O2. The molecule has 1 saturated heterocycles. The third kappa shape index (κ3) is 3.67. The van der Waals surface area contributed by atoms with Crippen molar-refractivity contribution in [3.05, 3.63) is 29.3 Å². The highest BCUT2D eigenvalue weighted by atomic mass is 35.5. The lowest BCUT2D eigenvalue weighted by molar-refractivity contribution is -0.116. The molecule has 2 heterocycles. The molecule has 0 aliphatic carbocycles. The smallest absolute Gasteiger partial charge is 0.254 e. The number of aryl methyl sites for hydroxylation is 1. The van der Waals surface area contributed by atoms with Gasteiger partial charge in [-0.1, -0.05) is 0 Å². The number of hydrogen-bond acceptors (Lipinski definition) is 3. The number of amides is 2. The van der Waals surface area contributed by atoms with Crippen molar-refractivity contribution in [2.45, 2.75) is 51.1 Å². The maximum atomic E-state index is 12.8. The molecule has 1 fully saturated rings. The molecule has 23 heavy (non-hydrogen) atoms. The Kier molecular flexibility index (Phi) is 5.65. The summed E-state index contributed by atoms with van der Waals surface area (Å²) < 4.78 is 0. The number of nitrogens with zero attached hydrogens (tertiary/aromatic N) is 1. The summed E-state index contributed by atoms with van der Waals surface area (Å²) in [6.45, 7) is 2.75. The number of nitrogens with one attached hydrogen (secondary N) is 1. The van der Waals surface area contributed by atoms with Gasteiger partial charge in [0.25, 0.3) is 5.91 Å². The fourth-order valence-corrected chi connectivity index (χ4v) is 3.44. The molecule has 2 aliphatic heterocycles. The number of likely N-dealkylation sites (tertiary alicyclic amines) is 1. The fraction of sp³-hybridized carbons (Fsp3) is 0.529. The second-order valence-corrected chi connectivity index (χ2v) is 6.34. The Hall–Kier alpha value is -1.59. The minimum absolute atomic E-state index is 0. The van der Waals surface area contributed by atoms with Crippen LogP contribution < -0.4 is 11.1 Å². The minimum atomic E-state index is -0.0128. The van der Waals surface area contributed by atoms with Gasteiger partial charge in [0, 0.05) is 36.3 Å². The van der Waals surface area contributed by atoms with Crippen molar-refractivity contribution in [2.75, 3.05) is 11.9 Å². The van der Waals surface area contributed by atoms with Gasteiger partial charge >= 0.3 is 0 Å². The van der Waals surface area contributed by atoms with Gasteiger partial charge in [0.05, 0.1) is 0 Å². The van der Waals surface area contributed by atoms with E-state index in [1.807, 2.05) is 24.0 Å². The molecule has 1 aromatic rings. The van der Waals surface area contributed by atoms with Crippen molar-refractivity contribution in [2.24, 2.45) is 5.73 Å². The number of anilines is 1. The zero-order chi connectivity index (χ0) is 15.7. The summed E-state index contributed by atoms with van der Waals surface area (Å²) >= 11 is 0. The van der Waals surface area contributed by atoms with Crippen molar-refractivity contribution in [3.63, 3.8) is 0 Å². The van der Waals surface area contributed by atoms with Crippen molar-refractivity contribution in [1.29, 1.82) is 0 Å². The van der Waals surface area contributed by atoms with Crippen LogP contribution in [0.2, 0.25) is 0 Å². The highest BCUT2D eigenvalue weighted by molar-refractivity contribution is 5.98. The average Bonchev–Trinajstić information content (AvgIpc) is 2.53. The van der Waals surface area contributed by atoms with Crippen LogP contribution in [0.25, 0.3) is 0 Å². The van der Waals surface area contributed by atoms with Crippen molar-refractivity contribution < 1.29 is 9.59 Å². The van der Waals surface area contributed by atoms with Crippen LogP contribution in [0.1, 0.15) is 48.5 Å². The zero-order valence-electron chi connectivity index (χ0n) is 13.4. The topological polar surface area (TPSA) is 75.4 Å². The van der Waals surface area contributed by atoms with Gasteiger partial charge in [0.1, 0.15) is 0 Å². The van der Waals surface area contributed by atoms with Gasteiger partial charge < -0.3 is 16.0 Å². The highest BCUT2D eigenvalue weighted by Gasteiger charge is 2.30. The maximum absolute atomic E-state index is 12.8. The molecule has 2 aliphatic rings. The normalized spacial score (nSPS) is 21.7. The van der Waals surface area contributed by atoms with E-state index >= 15 is 0 Å². The summed E-state index contributed by atoms with van der Waals surface area (Å²) in [7, 11) is 0. The van der Waals surface area contributed by atoms with Gasteiger partial charge in [-0.3, -0.25) is 9.59 Å². The first-order valence-electron chi connectivity index (χ1n) is 8.05. The Morgan fingerprint density at radius 2 is 2.13 bits per heavy atom. The molecule has 0 radical (unpaired) electrons. The van der Waals surface area contributed by atoms with E-state index in [1.54, 1.807) is 6.07 Å². The molecule has 0 spiro atoms. The van der Waals surface area contributed by atoms with Crippen LogP contribution in [-0.4, -0.2) is 35.3 Å². The highest BCUT2D eigenvalue weighted by Crippen LogP contribution is 2.26. The molecular weight excluding hydrogens is 314 g/mol. The molecule has 3 N–H and O–H groups in total. The van der Waals surface area contributed by atoms with E-state index in [0.29, 0.717) is 18.4 Å². The molecule has 5 nitrogen and oxygen atoms in total. The molecule has 2 atom stereocenters. The van der Waals surface area contributed by atoms with E-state index in [2.05, 4.69) is 5.32 Å². The standard InChI is InChI=1S/C17H23N3O2.ClH/c1-11(18)15-4-2-3-9-20(15)17(22)13-5-7-14-12(10-13)6-8-16(21)19-14;/h5,7,10-11,15H,2-4,6,8-9,18H2,1H3,(H,19,21);1H. The molecule has 0 saturated carbocycles. The SMILES string of the molecule is CC(N)C1CCCCN1C(=O)c1ccc2c(c1)CCC(=O)N2.Cl. The van der Waals surface area contributed by atoms with Crippen LogP contribution >= 0.6 is 12.4 Å². The molecule has 6 heteroatoms. The second kappa shape index (κ2) is 7.32. The molecule has 3 rings (SSSR count). The Balaban J connectivity index is 0.00000192. The van der Waals surface area contributed by atoms with Gasteiger partial charge in [-0.15, -0.1) is 12.4 Å². The lowest BCUT2D eigenvalue weighted by Crippen LogP contribution is -2.51. The van der Waals surface area contributed by atoms with E-state index in [4.69, 9.17) is 5.73 Å². The Labute approximate surface area is 143 Å². The Morgan fingerprint density at radius 1 is 1.35 bits per heavy atom. The average molecular weight is 338 g/mol. The zero-order valence-corrected chi connectivity index (χ0v) is 14.2. The number of piperidine rings is 1. The lowest BCUT2D eigenvalue weighted by atomic mass is 9.95.